The molecular weight excluding hydrogens is 308 g/mol. The Morgan fingerprint density at radius 1 is 0.875 bits per heavy atom. The highest BCUT2D eigenvalue weighted by molar-refractivity contribution is 5.80. The van der Waals surface area contributed by atoms with Crippen molar-refractivity contribution in [3.8, 4) is 0 Å². The van der Waals surface area contributed by atoms with Gasteiger partial charge in [0, 0.05) is 30.4 Å². The highest BCUT2D eigenvalue weighted by atomic mass is 16.4. The molecule has 24 heavy (non-hydrogen) atoms. The van der Waals surface area contributed by atoms with Crippen molar-refractivity contribution < 1.29 is 19.5 Å². The van der Waals surface area contributed by atoms with Gasteiger partial charge in [0.05, 0.1) is 0 Å². The maximum absolute atomic E-state index is 12.2. The van der Waals surface area contributed by atoms with Gasteiger partial charge in [-0.15, -0.1) is 0 Å². The molecule has 0 radical (unpaired) electrons. The summed E-state index contributed by atoms with van der Waals surface area (Å²) in [5.41, 5.74) is 0. The zero-order valence-corrected chi connectivity index (χ0v) is 15.7. The third kappa shape index (κ3) is 8.89. The molecule has 3 unspecified atom stereocenters. The van der Waals surface area contributed by atoms with Crippen LogP contribution in [-0.2, 0) is 14.4 Å². The average molecular weight is 341 g/mol. The summed E-state index contributed by atoms with van der Waals surface area (Å²) in [6, 6.07) is 0.0903. The van der Waals surface area contributed by atoms with E-state index in [2.05, 4.69) is 10.6 Å². The summed E-state index contributed by atoms with van der Waals surface area (Å²) in [7, 11) is 0. The summed E-state index contributed by atoms with van der Waals surface area (Å²) >= 11 is 0. The van der Waals surface area contributed by atoms with Crippen LogP contribution in [0.3, 0.4) is 0 Å². The normalized spacial score (nSPS) is 14.8. The Balaban J connectivity index is 4.64. The molecule has 0 rings (SSSR count). The van der Waals surface area contributed by atoms with Crippen LogP contribution in [0.15, 0.2) is 0 Å². The quantitative estimate of drug-likeness (QED) is 0.558. The molecule has 0 bridgehead atoms. The van der Waals surface area contributed by atoms with E-state index in [-0.39, 0.29) is 29.7 Å². The largest absolute Gasteiger partial charge is 0.550 e. The summed E-state index contributed by atoms with van der Waals surface area (Å²) in [5.74, 6) is -2.11. The molecule has 0 saturated heterocycles. The first-order valence-electron chi connectivity index (χ1n) is 9.01. The van der Waals surface area contributed by atoms with E-state index in [1.165, 1.54) is 0 Å². The number of carbonyl (C=O) groups is 3. The third-order valence-electron chi connectivity index (χ3n) is 4.24. The van der Waals surface area contributed by atoms with E-state index in [9.17, 15) is 19.5 Å². The Kier molecular flexibility index (Phi) is 11.1. The molecule has 0 heterocycles. The molecule has 6 nitrogen and oxygen atoms in total. The minimum Gasteiger partial charge on any atom is -0.550 e. The van der Waals surface area contributed by atoms with Crippen LogP contribution in [-0.4, -0.2) is 30.4 Å². The Morgan fingerprint density at radius 2 is 1.42 bits per heavy atom. The molecule has 0 aliphatic heterocycles. The van der Waals surface area contributed by atoms with E-state index in [1.54, 1.807) is 6.92 Å². The van der Waals surface area contributed by atoms with Crippen molar-refractivity contribution in [2.75, 3.05) is 6.54 Å². The van der Waals surface area contributed by atoms with Gasteiger partial charge in [0.15, 0.2) is 0 Å². The zero-order chi connectivity index (χ0) is 18.7. The molecule has 0 aliphatic carbocycles. The van der Waals surface area contributed by atoms with Crippen molar-refractivity contribution in [1.29, 1.82) is 0 Å². The van der Waals surface area contributed by atoms with Gasteiger partial charge in [-0.2, -0.15) is 0 Å². The van der Waals surface area contributed by atoms with Crippen LogP contribution in [0.25, 0.3) is 0 Å². The molecule has 2 amide bonds. The van der Waals surface area contributed by atoms with Crippen molar-refractivity contribution in [2.24, 2.45) is 17.8 Å². The van der Waals surface area contributed by atoms with Gasteiger partial charge in [-0.25, -0.2) is 0 Å². The fourth-order valence-electron chi connectivity index (χ4n) is 2.63. The standard InChI is InChI=1S/C18H34N2O4/c1-6-14(18(23)24)10-11-15(17(22)19-7-2)9-8-13(5)16(21)20-12(3)4/h12-15H,6-11H2,1-5H3,(H,19,22)(H,20,21)(H,23,24)/p-1. The van der Waals surface area contributed by atoms with Crippen LogP contribution in [0.2, 0.25) is 0 Å². The average Bonchev–Trinajstić information content (AvgIpc) is 2.49. The van der Waals surface area contributed by atoms with Gasteiger partial charge in [0.25, 0.3) is 0 Å². The summed E-state index contributed by atoms with van der Waals surface area (Å²) in [6.07, 6.45) is 2.59. The first-order chi connectivity index (χ1) is 11.2. The lowest BCUT2D eigenvalue weighted by Gasteiger charge is -2.22. The molecule has 0 aromatic rings. The Bertz CT molecular complexity index is 410. The van der Waals surface area contributed by atoms with E-state index < -0.39 is 11.9 Å². The van der Waals surface area contributed by atoms with E-state index in [0.29, 0.717) is 38.6 Å². The van der Waals surface area contributed by atoms with Crippen molar-refractivity contribution in [3.63, 3.8) is 0 Å². The van der Waals surface area contributed by atoms with Gasteiger partial charge in [0.2, 0.25) is 11.8 Å². The minimum atomic E-state index is -1.06. The predicted octanol–water partition coefficient (Wildman–Crippen LogP) is 1.24. The number of carbonyl (C=O) groups excluding carboxylic acids is 3. The second-order valence-electron chi connectivity index (χ2n) is 6.73. The number of amides is 2. The molecule has 0 saturated carbocycles. The van der Waals surface area contributed by atoms with Crippen LogP contribution >= 0.6 is 0 Å². The first kappa shape index (κ1) is 22.4. The van der Waals surface area contributed by atoms with Gasteiger partial charge in [-0.05, 0) is 58.8 Å². The van der Waals surface area contributed by atoms with Gasteiger partial charge in [0.1, 0.15) is 0 Å². The number of hydrogen-bond acceptors (Lipinski definition) is 4. The van der Waals surface area contributed by atoms with Crippen LogP contribution < -0.4 is 15.7 Å². The van der Waals surface area contributed by atoms with Gasteiger partial charge in [-0.1, -0.05) is 13.8 Å². The Morgan fingerprint density at radius 3 is 1.88 bits per heavy atom. The number of nitrogens with one attached hydrogen (secondary N) is 2. The number of aliphatic carboxylic acids is 1. The summed E-state index contributed by atoms with van der Waals surface area (Å²) in [6.45, 7) is 9.86. The van der Waals surface area contributed by atoms with Crippen LogP contribution in [0.1, 0.15) is 66.7 Å². The number of carboxylic acids is 1. The van der Waals surface area contributed by atoms with Crippen LogP contribution in [0, 0.1) is 17.8 Å². The highest BCUT2D eigenvalue weighted by Gasteiger charge is 2.22. The molecule has 3 atom stereocenters. The van der Waals surface area contributed by atoms with Crippen LogP contribution in [0.5, 0.6) is 0 Å². The monoisotopic (exact) mass is 341 g/mol. The molecular formula is C18H33N2O4-. The lowest BCUT2D eigenvalue weighted by Crippen LogP contribution is -2.36. The fourth-order valence-corrected chi connectivity index (χ4v) is 2.63. The molecule has 0 aromatic heterocycles. The smallest absolute Gasteiger partial charge is 0.223 e. The molecule has 0 aromatic carbocycles. The van der Waals surface area contributed by atoms with Gasteiger partial charge >= 0.3 is 0 Å². The number of rotatable bonds is 12. The second kappa shape index (κ2) is 11.9. The third-order valence-corrected chi connectivity index (χ3v) is 4.24. The summed E-state index contributed by atoms with van der Waals surface area (Å²) in [5, 5.41) is 16.7. The molecule has 0 spiro atoms. The molecule has 140 valence electrons. The Hall–Kier alpha value is -1.59. The predicted molar refractivity (Wildman–Crippen MR) is 91.9 cm³/mol. The van der Waals surface area contributed by atoms with E-state index in [1.807, 2.05) is 27.7 Å². The first-order valence-corrected chi connectivity index (χ1v) is 9.01. The molecule has 6 heteroatoms. The molecule has 0 aliphatic rings. The highest BCUT2D eigenvalue weighted by Crippen LogP contribution is 2.22. The fraction of sp³-hybridized carbons (Fsp3) is 0.833. The molecule has 0 fully saturated rings. The zero-order valence-electron chi connectivity index (χ0n) is 15.7. The van der Waals surface area contributed by atoms with Crippen molar-refractivity contribution in [3.05, 3.63) is 0 Å². The van der Waals surface area contributed by atoms with E-state index >= 15 is 0 Å². The van der Waals surface area contributed by atoms with Crippen molar-refractivity contribution >= 4 is 17.8 Å². The maximum Gasteiger partial charge on any atom is 0.223 e. The Labute approximate surface area is 145 Å². The van der Waals surface area contributed by atoms with Gasteiger partial charge in [-0.3, -0.25) is 9.59 Å². The SMILES string of the molecule is CCNC(=O)C(CCC(C)C(=O)NC(C)C)CCC(CC)C(=O)[O-]. The van der Waals surface area contributed by atoms with E-state index in [4.69, 9.17) is 0 Å². The topological polar surface area (TPSA) is 98.3 Å². The summed E-state index contributed by atoms with van der Waals surface area (Å²) < 4.78 is 0. The number of hydrogen-bond donors (Lipinski definition) is 2. The maximum atomic E-state index is 12.2. The summed E-state index contributed by atoms with van der Waals surface area (Å²) in [4.78, 5) is 35.2. The second-order valence-corrected chi connectivity index (χ2v) is 6.73. The van der Waals surface area contributed by atoms with Crippen molar-refractivity contribution in [2.45, 2.75) is 72.8 Å². The lowest BCUT2D eigenvalue weighted by atomic mass is 9.88. The van der Waals surface area contributed by atoms with E-state index in [0.717, 1.165) is 0 Å². The number of carboxylic acid groups (broad SMARTS) is 1. The minimum absolute atomic E-state index is 0.0131. The lowest BCUT2D eigenvalue weighted by molar-refractivity contribution is -0.312. The van der Waals surface area contributed by atoms with Crippen molar-refractivity contribution in [1.82, 2.24) is 10.6 Å². The van der Waals surface area contributed by atoms with Gasteiger partial charge < -0.3 is 20.5 Å². The molecule has 2 N–H and O–H groups in total. The van der Waals surface area contributed by atoms with Crippen LogP contribution in [0.4, 0.5) is 0 Å².